The predicted octanol–water partition coefficient (Wildman–Crippen LogP) is 5.18. The van der Waals surface area contributed by atoms with E-state index in [2.05, 4.69) is 20.5 Å². The smallest absolute Gasteiger partial charge is 0.255 e. The topological polar surface area (TPSA) is 50.2 Å². The number of alkyl halides is 3. The van der Waals surface area contributed by atoms with Gasteiger partial charge in [-0.25, -0.2) is 4.98 Å². The third kappa shape index (κ3) is 3.96. The molecule has 3 rings (SSSR count). The fourth-order valence-corrected chi connectivity index (χ4v) is 3.04. The Kier molecular flexibility index (Phi) is 4.71. The minimum atomic E-state index is -4.38. The number of aromatic nitrogens is 2. The predicted molar refractivity (Wildman–Crippen MR) is 93.9 cm³/mol. The summed E-state index contributed by atoms with van der Waals surface area (Å²) in [5.74, 6) is 0.119. The number of rotatable bonds is 4. The van der Waals surface area contributed by atoms with E-state index >= 15 is 0 Å². The molecule has 0 atom stereocenters. The van der Waals surface area contributed by atoms with E-state index in [1.54, 1.807) is 6.20 Å². The molecule has 0 aliphatic carbocycles. The molecule has 2 heterocycles. The lowest BCUT2D eigenvalue weighted by Crippen LogP contribution is -2.13. The number of nitrogens with zero attached hydrogens (tertiary/aromatic N) is 3. The zero-order chi connectivity index (χ0) is 18.0. The summed E-state index contributed by atoms with van der Waals surface area (Å²) in [7, 11) is 0. The van der Waals surface area contributed by atoms with Gasteiger partial charge in [-0.15, -0.1) is 0 Å². The number of fused-ring (bicyclic) bond motifs is 1. The first-order valence-corrected chi connectivity index (χ1v) is 8.39. The minimum absolute atomic E-state index is 0.119. The van der Waals surface area contributed by atoms with Crippen LogP contribution in [0.5, 0.6) is 0 Å². The van der Waals surface area contributed by atoms with Crippen LogP contribution in [0.25, 0.3) is 10.2 Å². The Bertz CT molecular complexity index is 901. The Morgan fingerprint density at radius 3 is 2.64 bits per heavy atom. The van der Waals surface area contributed by atoms with E-state index in [-0.39, 0.29) is 5.92 Å². The van der Waals surface area contributed by atoms with Crippen molar-refractivity contribution in [3.8, 4) is 0 Å². The van der Waals surface area contributed by atoms with E-state index in [4.69, 9.17) is 0 Å². The molecule has 0 unspecified atom stereocenters. The molecule has 0 aliphatic heterocycles. The summed E-state index contributed by atoms with van der Waals surface area (Å²) in [5.41, 5.74) is 3.92. The Balaban J connectivity index is 1.89. The first-order valence-electron chi connectivity index (χ1n) is 7.57. The van der Waals surface area contributed by atoms with Gasteiger partial charge in [0.15, 0.2) is 0 Å². The Morgan fingerprint density at radius 1 is 1.20 bits per heavy atom. The van der Waals surface area contributed by atoms with Crippen LogP contribution in [0.15, 0.2) is 47.7 Å². The average Bonchev–Trinajstić information content (AvgIpc) is 2.96. The zero-order valence-electron chi connectivity index (χ0n) is 13.5. The highest BCUT2D eigenvalue weighted by atomic mass is 32.1. The lowest BCUT2D eigenvalue weighted by molar-refractivity contribution is -0.137. The van der Waals surface area contributed by atoms with Crippen LogP contribution in [0.3, 0.4) is 0 Å². The summed E-state index contributed by atoms with van der Waals surface area (Å²) in [6, 6.07) is 9.07. The number of hydrogen-bond donors (Lipinski definition) is 1. The number of pyridine rings is 1. The molecule has 25 heavy (non-hydrogen) atoms. The van der Waals surface area contributed by atoms with Crippen molar-refractivity contribution in [2.75, 3.05) is 5.43 Å². The van der Waals surface area contributed by atoms with Gasteiger partial charge < -0.3 is 0 Å². The quantitative estimate of drug-likeness (QED) is 0.512. The highest BCUT2D eigenvalue weighted by molar-refractivity contribution is 7.22. The van der Waals surface area contributed by atoms with Gasteiger partial charge in [-0.05, 0) is 36.2 Å². The number of benzene rings is 1. The van der Waals surface area contributed by atoms with E-state index in [9.17, 15) is 13.2 Å². The normalized spacial score (nSPS) is 12.8. The van der Waals surface area contributed by atoms with E-state index in [0.29, 0.717) is 15.3 Å². The molecule has 0 radical (unpaired) electrons. The molecule has 130 valence electrons. The summed E-state index contributed by atoms with van der Waals surface area (Å²) in [5, 5.41) is 4.79. The van der Waals surface area contributed by atoms with Gasteiger partial charge in [0.1, 0.15) is 0 Å². The summed E-state index contributed by atoms with van der Waals surface area (Å²) < 4.78 is 39.0. The molecule has 0 aliphatic rings. The molecule has 1 aromatic carbocycles. The third-order valence-corrected chi connectivity index (χ3v) is 4.40. The van der Waals surface area contributed by atoms with Crippen molar-refractivity contribution in [2.45, 2.75) is 20.0 Å². The van der Waals surface area contributed by atoms with Gasteiger partial charge in [0.25, 0.3) is 0 Å². The maximum absolute atomic E-state index is 12.8. The van der Waals surface area contributed by atoms with Gasteiger partial charge in [-0.1, -0.05) is 31.3 Å². The number of nitrogens with one attached hydrogen (secondary N) is 1. The van der Waals surface area contributed by atoms with Gasteiger partial charge in [-0.2, -0.15) is 18.3 Å². The zero-order valence-corrected chi connectivity index (χ0v) is 14.3. The van der Waals surface area contributed by atoms with Gasteiger partial charge >= 0.3 is 6.18 Å². The molecular formula is C17H15F3N4S. The average molecular weight is 364 g/mol. The number of thiazole rings is 1. The van der Waals surface area contributed by atoms with E-state index < -0.39 is 11.7 Å². The largest absolute Gasteiger partial charge is 0.416 e. The summed E-state index contributed by atoms with van der Waals surface area (Å²) in [6.07, 6.45) is -2.70. The van der Waals surface area contributed by atoms with Crippen molar-refractivity contribution >= 4 is 32.4 Å². The second-order valence-electron chi connectivity index (χ2n) is 5.68. The van der Waals surface area contributed by atoms with Gasteiger partial charge in [0.2, 0.25) is 5.13 Å². The molecule has 0 spiro atoms. The molecular weight excluding hydrogens is 349 g/mol. The lowest BCUT2D eigenvalue weighted by atomic mass is 10.1. The van der Waals surface area contributed by atoms with Crippen LogP contribution in [-0.2, 0) is 6.18 Å². The van der Waals surface area contributed by atoms with Crippen molar-refractivity contribution in [3.05, 3.63) is 53.9 Å². The van der Waals surface area contributed by atoms with Crippen LogP contribution in [0.1, 0.15) is 25.1 Å². The molecule has 2 aromatic heterocycles. The molecule has 4 nitrogen and oxygen atoms in total. The molecule has 0 bridgehead atoms. The Morgan fingerprint density at radius 2 is 2.00 bits per heavy atom. The number of anilines is 1. The van der Waals surface area contributed by atoms with Crippen molar-refractivity contribution in [1.29, 1.82) is 0 Å². The second-order valence-corrected chi connectivity index (χ2v) is 6.71. The van der Waals surface area contributed by atoms with Crippen LogP contribution in [0.2, 0.25) is 0 Å². The molecule has 3 aromatic rings. The number of halogens is 3. The summed E-state index contributed by atoms with van der Waals surface area (Å²) >= 11 is 1.25. The Hall–Kier alpha value is -2.48. The van der Waals surface area contributed by atoms with Crippen molar-refractivity contribution in [1.82, 2.24) is 9.97 Å². The Labute approximate surface area is 146 Å². The van der Waals surface area contributed by atoms with Crippen molar-refractivity contribution in [2.24, 2.45) is 11.0 Å². The second kappa shape index (κ2) is 6.79. The molecule has 0 fully saturated rings. The fourth-order valence-electron chi connectivity index (χ4n) is 2.26. The van der Waals surface area contributed by atoms with E-state index in [0.717, 1.165) is 23.5 Å². The number of hydrogen-bond acceptors (Lipinski definition) is 5. The maximum atomic E-state index is 12.8. The van der Waals surface area contributed by atoms with Gasteiger partial charge in [-0.3, -0.25) is 10.4 Å². The summed E-state index contributed by atoms with van der Waals surface area (Å²) in [6.45, 7) is 3.98. The third-order valence-electron chi connectivity index (χ3n) is 3.46. The maximum Gasteiger partial charge on any atom is 0.416 e. The minimum Gasteiger partial charge on any atom is -0.255 e. The molecule has 0 amide bonds. The number of hydrazone groups is 1. The molecule has 0 saturated heterocycles. The van der Waals surface area contributed by atoms with Crippen LogP contribution >= 0.6 is 11.3 Å². The molecule has 1 N–H and O–H groups in total. The van der Waals surface area contributed by atoms with Crippen molar-refractivity contribution in [3.63, 3.8) is 0 Å². The SMILES string of the molecule is CC(C)/C(=N\Nc1nc2cc(C(F)(F)F)ccc2s1)c1ccccn1. The van der Waals surface area contributed by atoms with E-state index in [1.807, 2.05) is 32.0 Å². The fraction of sp³-hybridized carbons (Fsp3) is 0.235. The lowest BCUT2D eigenvalue weighted by Gasteiger charge is -2.09. The van der Waals surface area contributed by atoms with Gasteiger partial charge in [0, 0.05) is 6.20 Å². The van der Waals surface area contributed by atoms with Crippen LogP contribution in [-0.4, -0.2) is 15.7 Å². The van der Waals surface area contributed by atoms with Gasteiger partial charge in [0.05, 0.1) is 27.2 Å². The first-order chi connectivity index (χ1) is 11.8. The van der Waals surface area contributed by atoms with E-state index in [1.165, 1.54) is 17.4 Å². The molecule has 0 saturated carbocycles. The van der Waals surface area contributed by atoms with Crippen LogP contribution < -0.4 is 5.43 Å². The highest BCUT2D eigenvalue weighted by Gasteiger charge is 2.30. The van der Waals surface area contributed by atoms with Crippen molar-refractivity contribution < 1.29 is 13.2 Å². The highest BCUT2D eigenvalue weighted by Crippen LogP contribution is 2.34. The monoisotopic (exact) mass is 364 g/mol. The first kappa shape index (κ1) is 17.3. The van der Waals surface area contributed by atoms with Crippen LogP contribution in [0.4, 0.5) is 18.3 Å². The molecule has 8 heteroatoms. The standard InChI is InChI=1S/C17H15F3N4S/c1-10(2)15(12-5-3-4-8-21-12)23-24-16-22-13-9-11(17(18,19)20)6-7-14(13)25-16/h3-10H,1-2H3,(H,22,24)/b23-15+. The van der Waals surface area contributed by atoms with Crippen LogP contribution in [0, 0.1) is 5.92 Å². The summed E-state index contributed by atoms with van der Waals surface area (Å²) in [4.78, 5) is 8.47.